The van der Waals surface area contributed by atoms with Gasteiger partial charge in [-0.05, 0) is 48.5 Å². The summed E-state index contributed by atoms with van der Waals surface area (Å²) in [5, 5.41) is 7.46. The van der Waals surface area contributed by atoms with Crippen LogP contribution in [-0.4, -0.2) is 13.8 Å². The monoisotopic (exact) mass is 561 g/mol. The number of nitrogens with zero attached hydrogens (tertiary/aromatic N) is 5. The topological polar surface area (TPSA) is 38.7 Å². The Morgan fingerprint density at radius 3 is 1.73 bits per heavy atom. The number of imidazole rings is 2. The molecule has 1 spiro atoms. The van der Waals surface area contributed by atoms with Gasteiger partial charge >= 0.3 is 17.0 Å². The van der Waals surface area contributed by atoms with Crippen LogP contribution >= 0.6 is 0 Å². The minimum absolute atomic E-state index is 0.703. The van der Waals surface area contributed by atoms with E-state index in [1.807, 2.05) is 12.4 Å². The first-order chi connectivity index (χ1) is 21.9. The summed E-state index contributed by atoms with van der Waals surface area (Å²) >= 11 is 0. The molecule has 0 aliphatic carbocycles. The summed E-state index contributed by atoms with van der Waals surface area (Å²) in [7, 11) is 0. The third kappa shape index (κ3) is 1.81. The molecule has 0 amide bonds. The molecular weight excluding hydrogens is 542 g/mol. The molecule has 10 aromatic rings. The van der Waals surface area contributed by atoms with Gasteiger partial charge in [0.2, 0.25) is 0 Å². The van der Waals surface area contributed by atoms with Crippen LogP contribution in [0.1, 0.15) is 11.1 Å². The lowest BCUT2D eigenvalue weighted by Crippen LogP contribution is -2.71. The van der Waals surface area contributed by atoms with Gasteiger partial charge in [0.05, 0.1) is 17.0 Å². The molecule has 6 nitrogen and oxygen atoms in total. The smallest absolute Gasteiger partial charge is 0.316 e. The Labute approximate surface area is 247 Å². The molecule has 8 heterocycles. The predicted octanol–water partition coefficient (Wildman–Crippen LogP) is 7.11. The number of pyridine rings is 3. The zero-order valence-electron chi connectivity index (χ0n) is 23.1. The van der Waals surface area contributed by atoms with Crippen molar-refractivity contribution in [3.8, 4) is 11.5 Å². The molecule has 200 valence electrons. The first kappa shape index (κ1) is 20.8. The van der Waals surface area contributed by atoms with Crippen LogP contribution in [0.25, 0.3) is 76.7 Å². The fraction of sp³-hybridized carbons (Fsp3) is 0.0263. The van der Waals surface area contributed by atoms with Crippen LogP contribution < -0.4 is 13.9 Å². The minimum atomic E-state index is -0.703. The van der Waals surface area contributed by atoms with Crippen LogP contribution in [0.15, 0.2) is 116 Å². The second-order valence-electron chi connectivity index (χ2n) is 12.4. The summed E-state index contributed by atoms with van der Waals surface area (Å²) < 4.78 is 17.1. The molecule has 44 heavy (non-hydrogen) atoms. The second-order valence-corrected chi connectivity index (χ2v) is 12.4. The van der Waals surface area contributed by atoms with Gasteiger partial charge in [-0.15, -0.1) is 0 Å². The summed E-state index contributed by atoms with van der Waals surface area (Å²) in [6, 6.07) is 37.5. The number of benzene rings is 5. The van der Waals surface area contributed by atoms with Crippen LogP contribution in [0.2, 0.25) is 0 Å². The molecule has 0 saturated heterocycles. The maximum absolute atomic E-state index is 6.93. The molecule has 13 rings (SSSR count). The number of ether oxygens (including phenoxy) is 1. The van der Waals surface area contributed by atoms with E-state index in [2.05, 4.69) is 121 Å². The largest absolute Gasteiger partial charge is 0.456 e. The lowest BCUT2D eigenvalue weighted by molar-refractivity contribution is -0.923. The normalized spacial score (nSPS) is 17.4. The standard InChI is InChI=1S/C38H19N5O/c1-3-9-24-20(7-1)22-13-15-30-34-32(22)36-40(24)26-11-5-6-12-28(26)42(36)38(34)35-31(44-30)16-14-23-21-8-2-4-10-25(21)41-27-17-18-39-19-29(27)43(38)37(41)33(23)35/h1-19H/q+2. The van der Waals surface area contributed by atoms with Gasteiger partial charge in [0, 0.05) is 33.8 Å². The highest BCUT2D eigenvalue weighted by Gasteiger charge is 2.67. The lowest BCUT2D eigenvalue weighted by atomic mass is 9.85. The average Bonchev–Trinajstić information content (AvgIpc) is 3.79. The van der Waals surface area contributed by atoms with E-state index in [0.717, 1.165) is 22.5 Å². The van der Waals surface area contributed by atoms with Crippen molar-refractivity contribution < 1.29 is 13.9 Å². The number of hydrogen-bond acceptors (Lipinski definition) is 2. The molecule has 3 aliphatic rings. The summed E-state index contributed by atoms with van der Waals surface area (Å²) in [4.78, 5) is 4.73. The van der Waals surface area contributed by atoms with Crippen LogP contribution in [0.3, 0.4) is 0 Å². The number of rotatable bonds is 0. The van der Waals surface area contributed by atoms with E-state index in [-0.39, 0.29) is 0 Å². The highest BCUT2D eigenvalue weighted by Crippen LogP contribution is 2.58. The molecule has 0 radical (unpaired) electrons. The van der Waals surface area contributed by atoms with Crippen LogP contribution in [0.4, 0.5) is 0 Å². The van der Waals surface area contributed by atoms with E-state index >= 15 is 0 Å². The first-order valence-electron chi connectivity index (χ1n) is 15.1. The van der Waals surface area contributed by atoms with Crippen molar-refractivity contribution in [1.29, 1.82) is 0 Å². The third-order valence-corrected chi connectivity index (χ3v) is 10.7. The van der Waals surface area contributed by atoms with E-state index in [0.29, 0.717) is 0 Å². The molecule has 5 aromatic carbocycles. The number of fused-ring (bicyclic) bond motifs is 12. The van der Waals surface area contributed by atoms with Gasteiger partial charge < -0.3 is 4.74 Å². The van der Waals surface area contributed by atoms with Crippen molar-refractivity contribution in [2.75, 3.05) is 0 Å². The van der Waals surface area contributed by atoms with Gasteiger partial charge in [0.1, 0.15) is 33.7 Å². The number of aromatic nitrogens is 5. The molecule has 0 fully saturated rings. The van der Waals surface area contributed by atoms with Gasteiger partial charge in [0.15, 0.2) is 22.1 Å². The van der Waals surface area contributed by atoms with Crippen molar-refractivity contribution in [1.82, 2.24) is 13.8 Å². The highest BCUT2D eigenvalue weighted by molar-refractivity contribution is 6.19. The highest BCUT2D eigenvalue weighted by atomic mass is 16.5. The van der Waals surface area contributed by atoms with Crippen molar-refractivity contribution in [2.24, 2.45) is 0 Å². The van der Waals surface area contributed by atoms with Gasteiger partial charge in [-0.3, -0.25) is 4.98 Å². The molecule has 0 N–H and O–H groups in total. The Kier molecular flexibility index (Phi) is 2.99. The fourth-order valence-corrected chi connectivity index (χ4v) is 9.36. The summed E-state index contributed by atoms with van der Waals surface area (Å²) in [6.45, 7) is 0. The molecule has 6 heteroatoms. The van der Waals surface area contributed by atoms with Gasteiger partial charge in [-0.25, -0.2) is 0 Å². The average molecular weight is 562 g/mol. The molecule has 1 atom stereocenters. The fourth-order valence-electron chi connectivity index (χ4n) is 9.36. The minimum Gasteiger partial charge on any atom is -0.456 e. The van der Waals surface area contributed by atoms with Crippen molar-refractivity contribution in [3.05, 3.63) is 127 Å². The molecule has 0 saturated carbocycles. The molecule has 3 aliphatic heterocycles. The predicted molar refractivity (Wildman–Crippen MR) is 170 cm³/mol. The number of hydrogen-bond donors (Lipinski definition) is 0. The van der Waals surface area contributed by atoms with Crippen molar-refractivity contribution in [3.63, 3.8) is 0 Å². The molecule has 5 aromatic heterocycles. The van der Waals surface area contributed by atoms with Gasteiger partial charge in [-0.1, -0.05) is 48.5 Å². The second kappa shape index (κ2) is 6.33. The van der Waals surface area contributed by atoms with E-state index in [4.69, 9.17) is 9.72 Å². The number of para-hydroxylation sites is 4. The third-order valence-electron chi connectivity index (χ3n) is 10.7. The maximum atomic E-state index is 6.93. The Morgan fingerprint density at radius 2 is 1.07 bits per heavy atom. The zero-order valence-corrected chi connectivity index (χ0v) is 23.1. The Hall–Kier alpha value is -6.01. The first-order valence-corrected chi connectivity index (χ1v) is 15.1. The Bertz CT molecular complexity index is 2880. The van der Waals surface area contributed by atoms with Crippen LogP contribution in [0.5, 0.6) is 11.5 Å². The van der Waals surface area contributed by atoms with Crippen LogP contribution in [-0.2, 0) is 5.66 Å². The maximum Gasteiger partial charge on any atom is 0.316 e. The lowest BCUT2D eigenvalue weighted by Gasteiger charge is -2.30. The van der Waals surface area contributed by atoms with Gasteiger partial charge in [-0.2, -0.15) is 17.9 Å². The summed E-state index contributed by atoms with van der Waals surface area (Å²) in [5.74, 6) is 1.83. The van der Waals surface area contributed by atoms with E-state index in [1.54, 1.807) is 0 Å². The van der Waals surface area contributed by atoms with Crippen molar-refractivity contribution in [2.45, 2.75) is 5.66 Å². The molecule has 0 bridgehead atoms. The van der Waals surface area contributed by atoms with Gasteiger partial charge in [0.25, 0.3) is 0 Å². The van der Waals surface area contributed by atoms with E-state index < -0.39 is 5.66 Å². The van der Waals surface area contributed by atoms with E-state index in [1.165, 1.54) is 76.8 Å². The Morgan fingerprint density at radius 1 is 0.523 bits per heavy atom. The molecular formula is C38H19N5O+2. The zero-order chi connectivity index (χ0) is 28.1. The summed E-state index contributed by atoms with van der Waals surface area (Å²) in [6.07, 6.45) is 3.97. The van der Waals surface area contributed by atoms with Crippen molar-refractivity contribution >= 4 is 76.7 Å². The summed E-state index contributed by atoms with van der Waals surface area (Å²) in [5.41, 5.74) is 11.1. The molecule has 1 unspecified atom stereocenters. The van der Waals surface area contributed by atoms with Crippen LogP contribution in [0, 0.1) is 0 Å². The Balaban J connectivity index is 1.45. The van der Waals surface area contributed by atoms with E-state index in [9.17, 15) is 0 Å². The SMILES string of the molecule is c1ccc2c(c1)c1ccc3c4c1c1n2c2ccccc2[n+]1C41c2c(ccc4c5ccccc5n5c6ccncc6[n+]1c5c24)O3. The quantitative estimate of drug-likeness (QED) is 0.146.